The maximum absolute atomic E-state index is 11.5. The summed E-state index contributed by atoms with van der Waals surface area (Å²) in [6.07, 6.45) is -0.497. The number of carbonyl (C=O) groups excluding carboxylic acids is 1. The van der Waals surface area contributed by atoms with Crippen molar-refractivity contribution < 1.29 is 19.6 Å². The largest absolute Gasteiger partial charge is 0.481 e. The molecule has 4 N–H and O–H groups in total. The van der Waals surface area contributed by atoms with Crippen molar-refractivity contribution in [3.8, 4) is 0 Å². The lowest BCUT2D eigenvalue weighted by molar-refractivity contribution is -0.385. The molecule has 0 bridgehead atoms. The van der Waals surface area contributed by atoms with E-state index in [2.05, 4.69) is 5.32 Å². The van der Waals surface area contributed by atoms with E-state index in [9.17, 15) is 19.7 Å². The lowest BCUT2D eigenvalue weighted by atomic mass is 10.1. The highest BCUT2D eigenvalue weighted by Gasteiger charge is 2.18. The van der Waals surface area contributed by atoms with Crippen molar-refractivity contribution in [2.24, 2.45) is 5.73 Å². The average Bonchev–Trinajstić information content (AvgIpc) is 2.35. The van der Waals surface area contributed by atoms with Crippen LogP contribution in [0.15, 0.2) is 24.3 Å². The molecule has 0 aliphatic rings. The second-order valence-electron chi connectivity index (χ2n) is 3.81. The van der Waals surface area contributed by atoms with Gasteiger partial charge in [0.1, 0.15) is 0 Å². The standard InChI is InChI=1S/C11H13N3O5/c12-8(5-10(15)16)11(17)13-6-7-3-1-2-4-9(7)14(18)19/h1-4,8H,5-6,12H2,(H,13,17)(H,15,16). The number of aliphatic carboxylic acids is 1. The normalized spacial score (nSPS) is 11.6. The molecule has 1 aromatic rings. The summed E-state index contributed by atoms with van der Waals surface area (Å²) < 4.78 is 0. The summed E-state index contributed by atoms with van der Waals surface area (Å²) in [5.74, 6) is -1.85. The molecule has 0 radical (unpaired) electrons. The molecule has 8 heteroatoms. The molecule has 0 aliphatic heterocycles. The van der Waals surface area contributed by atoms with Gasteiger partial charge in [-0.2, -0.15) is 0 Å². The smallest absolute Gasteiger partial charge is 0.305 e. The molecule has 1 atom stereocenters. The van der Waals surface area contributed by atoms with Crippen LogP contribution in [-0.4, -0.2) is 27.9 Å². The van der Waals surface area contributed by atoms with Crippen LogP contribution in [0.5, 0.6) is 0 Å². The van der Waals surface area contributed by atoms with Gasteiger partial charge in [0.25, 0.3) is 5.69 Å². The third-order valence-electron chi connectivity index (χ3n) is 2.37. The minimum Gasteiger partial charge on any atom is -0.481 e. The van der Waals surface area contributed by atoms with E-state index in [4.69, 9.17) is 10.8 Å². The lowest BCUT2D eigenvalue weighted by Gasteiger charge is -2.10. The number of nitrogens with zero attached hydrogens (tertiary/aromatic N) is 1. The predicted molar refractivity (Wildman–Crippen MR) is 65.2 cm³/mol. The summed E-state index contributed by atoms with van der Waals surface area (Å²) in [5.41, 5.74) is 5.56. The van der Waals surface area contributed by atoms with Crippen molar-refractivity contribution in [3.05, 3.63) is 39.9 Å². The number of carboxylic acid groups (broad SMARTS) is 1. The third kappa shape index (κ3) is 4.36. The first-order valence-corrected chi connectivity index (χ1v) is 5.39. The second-order valence-corrected chi connectivity index (χ2v) is 3.81. The number of hydrogen-bond acceptors (Lipinski definition) is 5. The van der Waals surface area contributed by atoms with Gasteiger partial charge in [-0.1, -0.05) is 18.2 Å². The average molecular weight is 267 g/mol. The van der Waals surface area contributed by atoms with Crippen LogP contribution in [0.2, 0.25) is 0 Å². The van der Waals surface area contributed by atoms with Crippen LogP contribution in [0.3, 0.4) is 0 Å². The molecule has 1 aromatic carbocycles. The first-order valence-electron chi connectivity index (χ1n) is 5.39. The molecule has 8 nitrogen and oxygen atoms in total. The molecule has 0 fully saturated rings. The fourth-order valence-corrected chi connectivity index (χ4v) is 1.43. The molecular weight excluding hydrogens is 254 g/mol. The van der Waals surface area contributed by atoms with Crippen LogP contribution in [0.25, 0.3) is 0 Å². The summed E-state index contributed by atoms with van der Waals surface area (Å²) in [6.45, 7) is -0.0801. The van der Waals surface area contributed by atoms with Crippen molar-refractivity contribution in [1.29, 1.82) is 0 Å². The van der Waals surface area contributed by atoms with Crippen molar-refractivity contribution in [2.45, 2.75) is 19.0 Å². The van der Waals surface area contributed by atoms with Gasteiger partial charge in [0.15, 0.2) is 0 Å². The van der Waals surface area contributed by atoms with Gasteiger partial charge in [0.05, 0.1) is 17.4 Å². The van der Waals surface area contributed by atoms with Crippen molar-refractivity contribution >= 4 is 17.6 Å². The Morgan fingerprint density at radius 3 is 2.63 bits per heavy atom. The number of carbonyl (C=O) groups is 2. The summed E-state index contributed by atoms with van der Waals surface area (Å²) in [4.78, 5) is 32.0. The number of nitrogens with two attached hydrogens (primary N) is 1. The molecule has 0 heterocycles. The first-order chi connectivity index (χ1) is 8.91. The highest BCUT2D eigenvalue weighted by atomic mass is 16.6. The van der Waals surface area contributed by atoms with E-state index in [-0.39, 0.29) is 12.2 Å². The van der Waals surface area contributed by atoms with Gasteiger partial charge in [-0.25, -0.2) is 0 Å². The quantitative estimate of drug-likeness (QED) is 0.490. The Morgan fingerprint density at radius 1 is 1.42 bits per heavy atom. The maximum atomic E-state index is 11.5. The molecule has 1 amide bonds. The highest BCUT2D eigenvalue weighted by Crippen LogP contribution is 2.17. The van der Waals surface area contributed by atoms with Crippen LogP contribution in [0, 0.1) is 10.1 Å². The van der Waals surface area contributed by atoms with E-state index < -0.39 is 29.3 Å². The predicted octanol–water partition coefficient (Wildman–Crippen LogP) is 0.0130. The minimum atomic E-state index is -1.19. The maximum Gasteiger partial charge on any atom is 0.305 e. The molecule has 102 valence electrons. The van der Waals surface area contributed by atoms with E-state index >= 15 is 0 Å². The van der Waals surface area contributed by atoms with Gasteiger partial charge in [0, 0.05) is 18.2 Å². The Bertz CT molecular complexity index is 503. The van der Waals surface area contributed by atoms with Gasteiger partial charge in [0.2, 0.25) is 5.91 Å². The number of nitrogens with one attached hydrogen (secondary N) is 1. The molecule has 19 heavy (non-hydrogen) atoms. The zero-order valence-electron chi connectivity index (χ0n) is 9.91. The number of benzene rings is 1. The van der Waals surface area contributed by atoms with E-state index in [0.717, 1.165) is 0 Å². The van der Waals surface area contributed by atoms with Crippen LogP contribution in [0.4, 0.5) is 5.69 Å². The Kier molecular flexibility index (Phi) is 4.95. The molecule has 1 rings (SSSR count). The van der Waals surface area contributed by atoms with Gasteiger partial charge in [-0.05, 0) is 0 Å². The number of nitro groups is 1. The van der Waals surface area contributed by atoms with Crippen LogP contribution >= 0.6 is 0 Å². The van der Waals surface area contributed by atoms with Crippen molar-refractivity contribution in [2.75, 3.05) is 0 Å². The zero-order chi connectivity index (χ0) is 14.4. The molecular formula is C11H13N3O5. The van der Waals surface area contributed by atoms with E-state index in [1.807, 2.05) is 0 Å². The third-order valence-corrected chi connectivity index (χ3v) is 2.37. The number of rotatable bonds is 6. The number of nitro benzene ring substituents is 1. The topological polar surface area (TPSA) is 136 Å². The molecule has 0 spiro atoms. The number of hydrogen-bond donors (Lipinski definition) is 3. The Morgan fingerprint density at radius 2 is 2.05 bits per heavy atom. The molecule has 1 unspecified atom stereocenters. The van der Waals surface area contributed by atoms with Crippen molar-refractivity contribution in [3.63, 3.8) is 0 Å². The fraction of sp³-hybridized carbons (Fsp3) is 0.273. The SMILES string of the molecule is NC(CC(=O)O)C(=O)NCc1ccccc1[N+](=O)[O-]. The monoisotopic (exact) mass is 267 g/mol. The van der Waals surface area contributed by atoms with Crippen LogP contribution in [0.1, 0.15) is 12.0 Å². The van der Waals surface area contributed by atoms with Crippen LogP contribution in [-0.2, 0) is 16.1 Å². The van der Waals surface area contributed by atoms with E-state index in [1.165, 1.54) is 18.2 Å². The summed E-state index contributed by atoms with van der Waals surface area (Å²) in [6, 6.07) is 4.76. The van der Waals surface area contributed by atoms with Crippen molar-refractivity contribution in [1.82, 2.24) is 5.32 Å². The van der Waals surface area contributed by atoms with E-state index in [1.54, 1.807) is 6.07 Å². The first kappa shape index (κ1) is 14.6. The summed E-state index contributed by atoms with van der Waals surface area (Å²) >= 11 is 0. The van der Waals surface area contributed by atoms with Gasteiger partial charge >= 0.3 is 5.97 Å². The summed E-state index contributed by atoms with van der Waals surface area (Å²) in [5, 5.41) is 21.6. The zero-order valence-corrected chi connectivity index (χ0v) is 9.91. The molecule has 0 aromatic heterocycles. The van der Waals surface area contributed by atoms with Gasteiger partial charge in [-0.3, -0.25) is 19.7 Å². The Balaban J connectivity index is 2.64. The Hall–Kier alpha value is -2.48. The summed E-state index contributed by atoms with van der Waals surface area (Å²) in [7, 11) is 0. The Labute approximate surface area is 108 Å². The van der Waals surface area contributed by atoms with E-state index in [0.29, 0.717) is 5.56 Å². The van der Waals surface area contributed by atoms with Gasteiger partial charge in [-0.15, -0.1) is 0 Å². The molecule has 0 saturated carbocycles. The fourth-order valence-electron chi connectivity index (χ4n) is 1.43. The lowest BCUT2D eigenvalue weighted by Crippen LogP contribution is -2.41. The number of carboxylic acids is 1. The minimum absolute atomic E-state index is 0.0801. The van der Waals surface area contributed by atoms with Crippen LogP contribution < -0.4 is 11.1 Å². The molecule has 0 aliphatic carbocycles. The van der Waals surface area contributed by atoms with Gasteiger partial charge < -0.3 is 16.2 Å². The molecule has 0 saturated heterocycles. The second kappa shape index (κ2) is 6.45. The number of amides is 1. The highest BCUT2D eigenvalue weighted by molar-refractivity contribution is 5.85. The number of para-hydroxylation sites is 1.